The Labute approximate surface area is 223 Å². The average Bonchev–Trinajstić information content (AvgIpc) is 3.19. The quantitative estimate of drug-likeness (QED) is 0.214. The Bertz CT molecular complexity index is 1380. The van der Waals surface area contributed by atoms with Crippen LogP contribution < -0.4 is 19.1 Å². The first-order valence-electron chi connectivity index (χ1n) is 12.8. The van der Waals surface area contributed by atoms with Crippen LogP contribution in [0.5, 0.6) is 17.2 Å². The number of aliphatic hydroxyl groups is 1. The smallest absolute Gasteiger partial charge is 0.300 e. The second-order valence-electron chi connectivity index (χ2n) is 8.95. The number of Topliss-reactive ketones (excluding diaryl/α,β-unsaturated/α-hetero) is 1. The van der Waals surface area contributed by atoms with Crippen molar-refractivity contribution in [2.75, 3.05) is 25.2 Å². The number of hydrogen-bond acceptors (Lipinski definition) is 6. The van der Waals surface area contributed by atoms with Crippen molar-refractivity contribution >= 4 is 23.1 Å². The Hall–Kier alpha value is -4.26. The van der Waals surface area contributed by atoms with E-state index < -0.39 is 17.7 Å². The van der Waals surface area contributed by atoms with Gasteiger partial charge in [0.2, 0.25) is 0 Å². The molecule has 7 heteroatoms. The molecule has 1 heterocycles. The van der Waals surface area contributed by atoms with Crippen LogP contribution in [-0.2, 0) is 16.0 Å². The summed E-state index contributed by atoms with van der Waals surface area (Å²) in [5.41, 5.74) is 3.51. The minimum absolute atomic E-state index is 0.00532. The van der Waals surface area contributed by atoms with Crippen LogP contribution in [0, 0.1) is 6.92 Å². The molecule has 1 aliphatic rings. The van der Waals surface area contributed by atoms with Crippen LogP contribution in [0.25, 0.3) is 5.76 Å². The number of rotatable bonds is 9. The number of anilines is 1. The SMILES string of the molecule is CCOc1ccc(/C(O)=C2/C(=O)C(=O)N(c3ccc(CC)cc3)C2c2ccc(OC)c(OCC)c2)cc1C. The Balaban J connectivity index is 1.93. The molecule has 1 aliphatic heterocycles. The van der Waals surface area contributed by atoms with Crippen LogP contribution in [0.3, 0.4) is 0 Å². The zero-order valence-electron chi connectivity index (χ0n) is 22.4. The molecule has 0 radical (unpaired) electrons. The van der Waals surface area contributed by atoms with E-state index in [4.69, 9.17) is 14.2 Å². The lowest BCUT2D eigenvalue weighted by molar-refractivity contribution is -0.132. The van der Waals surface area contributed by atoms with Gasteiger partial charge < -0.3 is 19.3 Å². The second-order valence-corrected chi connectivity index (χ2v) is 8.95. The van der Waals surface area contributed by atoms with E-state index in [0.717, 1.165) is 17.5 Å². The minimum atomic E-state index is -0.875. The van der Waals surface area contributed by atoms with Crippen molar-refractivity contribution in [3.63, 3.8) is 0 Å². The van der Waals surface area contributed by atoms with E-state index in [1.165, 1.54) is 4.90 Å². The molecule has 4 rings (SSSR count). The van der Waals surface area contributed by atoms with Gasteiger partial charge in [0.15, 0.2) is 11.5 Å². The van der Waals surface area contributed by atoms with Crippen LogP contribution >= 0.6 is 0 Å². The lowest BCUT2D eigenvalue weighted by Gasteiger charge is -2.26. The van der Waals surface area contributed by atoms with Crippen LogP contribution in [0.1, 0.15) is 49.1 Å². The van der Waals surface area contributed by atoms with Gasteiger partial charge in [0.05, 0.1) is 31.9 Å². The number of methoxy groups -OCH3 is 1. The van der Waals surface area contributed by atoms with Gasteiger partial charge in [0, 0.05) is 11.3 Å². The van der Waals surface area contributed by atoms with Gasteiger partial charge in [-0.1, -0.05) is 25.1 Å². The predicted molar refractivity (Wildman–Crippen MR) is 147 cm³/mol. The van der Waals surface area contributed by atoms with Gasteiger partial charge in [0.1, 0.15) is 11.5 Å². The maximum atomic E-state index is 13.5. The van der Waals surface area contributed by atoms with Gasteiger partial charge in [-0.2, -0.15) is 0 Å². The number of amides is 1. The summed E-state index contributed by atoms with van der Waals surface area (Å²) in [4.78, 5) is 28.4. The van der Waals surface area contributed by atoms with Crippen LogP contribution in [0.15, 0.2) is 66.2 Å². The van der Waals surface area contributed by atoms with E-state index >= 15 is 0 Å². The Morgan fingerprint density at radius 1 is 0.868 bits per heavy atom. The second kappa shape index (κ2) is 11.4. The van der Waals surface area contributed by atoms with Crippen LogP contribution in [0.4, 0.5) is 5.69 Å². The molecule has 3 aromatic carbocycles. The molecular weight excluding hydrogens is 482 g/mol. The maximum Gasteiger partial charge on any atom is 0.300 e. The fourth-order valence-corrected chi connectivity index (χ4v) is 4.71. The van der Waals surface area contributed by atoms with Gasteiger partial charge in [-0.3, -0.25) is 14.5 Å². The third kappa shape index (κ3) is 4.96. The first-order valence-corrected chi connectivity index (χ1v) is 12.8. The van der Waals surface area contributed by atoms with E-state index in [-0.39, 0.29) is 11.3 Å². The summed E-state index contributed by atoms with van der Waals surface area (Å²) >= 11 is 0. The third-order valence-electron chi connectivity index (χ3n) is 6.62. The largest absolute Gasteiger partial charge is 0.507 e. The number of ketones is 1. The summed E-state index contributed by atoms with van der Waals surface area (Å²) in [6.45, 7) is 8.59. The molecule has 1 unspecified atom stereocenters. The topological polar surface area (TPSA) is 85.3 Å². The van der Waals surface area contributed by atoms with Crippen molar-refractivity contribution in [3.8, 4) is 17.2 Å². The summed E-state index contributed by atoms with van der Waals surface area (Å²) in [5.74, 6) is -0.0162. The Morgan fingerprint density at radius 2 is 1.53 bits per heavy atom. The summed E-state index contributed by atoms with van der Waals surface area (Å²) in [6.07, 6.45) is 0.843. The monoisotopic (exact) mass is 515 g/mol. The van der Waals surface area contributed by atoms with Gasteiger partial charge >= 0.3 is 0 Å². The molecule has 0 bridgehead atoms. The molecule has 1 N–H and O–H groups in total. The highest BCUT2D eigenvalue weighted by molar-refractivity contribution is 6.51. The van der Waals surface area contributed by atoms with Crippen molar-refractivity contribution in [1.82, 2.24) is 0 Å². The van der Waals surface area contributed by atoms with Crippen LogP contribution in [-0.4, -0.2) is 37.1 Å². The fraction of sp³-hybridized carbons (Fsp3) is 0.290. The number of nitrogens with zero attached hydrogens (tertiary/aromatic N) is 1. The van der Waals surface area contributed by atoms with Crippen molar-refractivity contribution in [2.24, 2.45) is 0 Å². The lowest BCUT2D eigenvalue weighted by Crippen LogP contribution is -2.29. The molecule has 0 aliphatic carbocycles. The third-order valence-corrected chi connectivity index (χ3v) is 6.62. The molecule has 1 fully saturated rings. The van der Waals surface area contributed by atoms with E-state index in [0.29, 0.717) is 47.3 Å². The number of ether oxygens (including phenoxy) is 3. The molecule has 1 amide bonds. The van der Waals surface area contributed by atoms with E-state index in [1.54, 1.807) is 43.5 Å². The Morgan fingerprint density at radius 3 is 2.13 bits per heavy atom. The zero-order valence-corrected chi connectivity index (χ0v) is 22.4. The number of aliphatic hydroxyl groups excluding tert-OH is 1. The number of carbonyl (C=O) groups is 2. The van der Waals surface area contributed by atoms with Crippen molar-refractivity contribution < 1.29 is 28.9 Å². The van der Waals surface area contributed by atoms with Crippen molar-refractivity contribution in [2.45, 2.75) is 40.2 Å². The molecule has 0 saturated carbocycles. The van der Waals surface area contributed by atoms with E-state index in [1.807, 2.05) is 52.0 Å². The van der Waals surface area contributed by atoms with Crippen LogP contribution in [0.2, 0.25) is 0 Å². The van der Waals surface area contributed by atoms with Gasteiger partial charge in [-0.05, 0) is 86.3 Å². The highest BCUT2D eigenvalue weighted by Gasteiger charge is 2.47. The summed E-state index contributed by atoms with van der Waals surface area (Å²) in [6, 6.07) is 17.1. The molecule has 198 valence electrons. The van der Waals surface area contributed by atoms with Crippen molar-refractivity contribution in [1.29, 1.82) is 0 Å². The van der Waals surface area contributed by atoms with Gasteiger partial charge in [-0.25, -0.2) is 0 Å². The maximum absolute atomic E-state index is 13.5. The van der Waals surface area contributed by atoms with E-state index in [2.05, 4.69) is 0 Å². The lowest BCUT2D eigenvalue weighted by atomic mass is 9.94. The van der Waals surface area contributed by atoms with Gasteiger partial charge in [0.25, 0.3) is 11.7 Å². The first-order chi connectivity index (χ1) is 18.3. The van der Waals surface area contributed by atoms with Gasteiger partial charge in [-0.15, -0.1) is 0 Å². The molecule has 0 aromatic heterocycles. The highest BCUT2D eigenvalue weighted by atomic mass is 16.5. The zero-order chi connectivity index (χ0) is 27.4. The molecule has 1 atom stereocenters. The molecular formula is C31H33NO6. The minimum Gasteiger partial charge on any atom is -0.507 e. The Kier molecular flexibility index (Phi) is 8.05. The van der Waals surface area contributed by atoms with Crippen molar-refractivity contribution in [3.05, 3.63) is 88.5 Å². The normalized spacial score (nSPS) is 16.6. The van der Waals surface area contributed by atoms with E-state index in [9.17, 15) is 14.7 Å². The highest BCUT2D eigenvalue weighted by Crippen LogP contribution is 2.44. The summed E-state index contributed by atoms with van der Waals surface area (Å²) < 4.78 is 16.8. The molecule has 38 heavy (non-hydrogen) atoms. The molecule has 7 nitrogen and oxygen atoms in total. The number of hydrogen-bond donors (Lipinski definition) is 1. The molecule has 3 aromatic rings. The molecule has 1 saturated heterocycles. The summed E-state index contributed by atoms with van der Waals surface area (Å²) in [7, 11) is 1.55. The molecule has 0 spiro atoms. The fourth-order valence-electron chi connectivity index (χ4n) is 4.71. The average molecular weight is 516 g/mol. The number of benzene rings is 3. The predicted octanol–water partition coefficient (Wildman–Crippen LogP) is 5.99. The first kappa shape index (κ1) is 26.8. The standard InChI is InChI=1S/C31H33NO6/c1-6-20-9-13-23(14-10-20)32-28(21-11-16-25(36-5)26(18-21)38-8-3)27(30(34)31(32)35)29(33)22-12-15-24(37-7-2)19(4)17-22/h9-18,28,33H,6-8H2,1-5H3/b29-27-. The number of carbonyl (C=O) groups excluding carboxylic acids is 2. The number of aryl methyl sites for hydroxylation is 2. The summed E-state index contributed by atoms with van der Waals surface area (Å²) in [5, 5.41) is 11.5.